The highest BCUT2D eigenvalue weighted by Gasteiger charge is 2.28. The minimum Gasteiger partial charge on any atom is -0.481 e. The van der Waals surface area contributed by atoms with Crippen molar-refractivity contribution in [1.82, 2.24) is 10.2 Å². The SMILES string of the molecule is CN(CC1CCCO1)C(=O)NC1CCC(C(=O)O)CC1. The molecular formula is C14H24N2O4. The number of carbonyl (C=O) groups is 2. The third kappa shape index (κ3) is 4.10. The molecule has 20 heavy (non-hydrogen) atoms. The lowest BCUT2D eigenvalue weighted by atomic mass is 9.86. The van der Waals surface area contributed by atoms with Gasteiger partial charge in [0, 0.05) is 26.2 Å². The Morgan fingerprint density at radius 1 is 1.25 bits per heavy atom. The molecule has 0 aromatic carbocycles. The first kappa shape index (κ1) is 15.1. The van der Waals surface area contributed by atoms with E-state index in [1.165, 1.54) is 0 Å². The van der Waals surface area contributed by atoms with E-state index in [1.807, 2.05) is 0 Å². The lowest BCUT2D eigenvalue weighted by Gasteiger charge is -2.29. The monoisotopic (exact) mass is 284 g/mol. The summed E-state index contributed by atoms with van der Waals surface area (Å²) >= 11 is 0. The number of carbonyl (C=O) groups excluding carboxylic acids is 1. The Hall–Kier alpha value is -1.30. The summed E-state index contributed by atoms with van der Waals surface area (Å²) in [4.78, 5) is 24.6. The van der Waals surface area contributed by atoms with Crippen LogP contribution in [0.15, 0.2) is 0 Å². The van der Waals surface area contributed by atoms with Crippen molar-refractivity contribution in [3.8, 4) is 0 Å². The van der Waals surface area contributed by atoms with Crippen molar-refractivity contribution in [2.45, 2.75) is 50.7 Å². The average molecular weight is 284 g/mol. The number of amides is 2. The molecule has 0 radical (unpaired) electrons. The molecule has 1 aliphatic carbocycles. The Labute approximate surface area is 119 Å². The maximum Gasteiger partial charge on any atom is 0.317 e. The number of aliphatic carboxylic acids is 1. The summed E-state index contributed by atoms with van der Waals surface area (Å²) in [5, 5.41) is 11.9. The van der Waals surface area contributed by atoms with E-state index in [2.05, 4.69) is 5.32 Å². The maximum absolute atomic E-state index is 12.1. The molecule has 0 spiro atoms. The van der Waals surface area contributed by atoms with Crippen LogP contribution in [0.25, 0.3) is 0 Å². The van der Waals surface area contributed by atoms with Crippen LogP contribution in [0, 0.1) is 5.92 Å². The predicted molar refractivity (Wildman–Crippen MR) is 73.5 cm³/mol. The third-order valence-corrected chi connectivity index (χ3v) is 4.25. The molecule has 2 aliphatic rings. The molecule has 2 N–H and O–H groups in total. The number of ether oxygens (including phenoxy) is 1. The molecule has 6 nitrogen and oxygen atoms in total. The maximum atomic E-state index is 12.1. The van der Waals surface area contributed by atoms with Crippen LogP contribution >= 0.6 is 0 Å². The van der Waals surface area contributed by atoms with Gasteiger partial charge < -0.3 is 20.1 Å². The van der Waals surface area contributed by atoms with Gasteiger partial charge in [-0.25, -0.2) is 4.79 Å². The summed E-state index contributed by atoms with van der Waals surface area (Å²) in [6, 6.07) is 0.0179. The zero-order valence-corrected chi connectivity index (χ0v) is 12.0. The van der Waals surface area contributed by atoms with Crippen LogP contribution in [0.5, 0.6) is 0 Å². The molecule has 1 unspecified atom stereocenters. The summed E-state index contributed by atoms with van der Waals surface area (Å²) in [5.41, 5.74) is 0. The highest BCUT2D eigenvalue weighted by Crippen LogP contribution is 2.24. The van der Waals surface area contributed by atoms with Crippen LogP contribution in [-0.4, -0.2) is 54.4 Å². The predicted octanol–water partition coefficient (Wildman–Crippen LogP) is 1.45. The van der Waals surface area contributed by atoms with Gasteiger partial charge in [-0.1, -0.05) is 0 Å². The van der Waals surface area contributed by atoms with Crippen LogP contribution < -0.4 is 5.32 Å². The molecule has 1 saturated carbocycles. The van der Waals surface area contributed by atoms with Crippen molar-refractivity contribution in [2.75, 3.05) is 20.2 Å². The van der Waals surface area contributed by atoms with Crippen molar-refractivity contribution >= 4 is 12.0 Å². The molecule has 1 saturated heterocycles. The molecule has 1 atom stereocenters. The van der Waals surface area contributed by atoms with Crippen LogP contribution in [0.1, 0.15) is 38.5 Å². The molecule has 2 rings (SSSR count). The highest BCUT2D eigenvalue weighted by molar-refractivity contribution is 5.74. The van der Waals surface area contributed by atoms with Crippen LogP contribution in [-0.2, 0) is 9.53 Å². The number of nitrogens with zero attached hydrogens (tertiary/aromatic N) is 1. The third-order valence-electron chi connectivity index (χ3n) is 4.25. The van der Waals surface area contributed by atoms with E-state index >= 15 is 0 Å². The molecule has 2 fully saturated rings. The minimum absolute atomic E-state index is 0.0840. The Morgan fingerprint density at radius 3 is 2.50 bits per heavy atom. The lowest BCUT2D eigenvalue weighted by Crippen LogP contribution is -2.46. The summed E-state index contributed by atoms with van der Waals surface area (Å²) in [5.74, 6) is -0.960. The molecule has 2 amide bonds. The largest absolute Gasteiger partial charge is 0.481 e. The van der Waals surface area contributed by atoms with E-state index in [-0.39, 0.29) is 24.1 Å². The highest BCUT2D eigenvalue weighted by atomic mass is 16.5. The fourth-order valence-electron chi connectivity index (χ4n) is 2.95. The van der Waals surface area contributed by atoms with Crippen molar-refractivity contribution < 1.29 is 19.4 Å². The average Bonchev–Trinajstić information content (AvgIpc) is 2.92. The van der Waals surface area contributed by atoms with Crippen LogP contribution in [0.3, 0.4) is 0 Å². The number of likely N-dealkylation sites (N-methyl/N-ethyl adjacent to an activating group) is 1. The van der Waals surface area contributed by atoms with Gasteiger partial charge in [0.1, 0.15) is 0 Å². The molecular weight excluding hydrogens is 260 g/mol. The van der Waals surface area contributed by atoms with Gasteiger partial charge in [-0.3, -0.25) is 4.79 Å². The van der Waals surface area contributed by atoms with E-state index in [0.29, 0.717) is 19.4 Å². The number of nitrogens with one attached hydrogen (secondary N) is 1. The number of rotatable bonds is 4. The second-order valence-electron chi connectivity index (χ2n) is 5.85. The molecule has 0 aromatic heterocycles. The van der Waals surface area contributed by atoms with Gasteiger partial charge in [-0.2, -0.15) is 0 Å². The molecule has 0 aromatic rings. The molecule has 1 aliphatic heterocycles. The van der Waals surface area contributed by atoms with Gasteiger partial charge in [-0.15, -0.1) is 0 Å². The van der Waals surface area contributed by atoms with Gasteiger partial charge in [0.25, 0.3) is 0 Å². The van der Waals surface area contributed by atoms with Crippen molar-refractivity contribution in [1.29, 1.82) is 0 Å². The van der Waals surface area contributed by atoms with E-state index in [1.54, 1.807) is 11.9 Å². The minimum atomic E-state index is -0.717. The zero-order valence-electron chi connectivity index (χ0n) is 12.0. The van der Waals surface area contributed by atoms with Crippen molar-refractivity contribution in [3.05, 3.63) is 0 Å². The number of carboxylic acids is 1. The lowest BCUT2D eigenvalue weighted by molar-refractivity contribution is -0.142. The standard InChI is InChI=1S/C14H24N2O4/c1-16(9-12-3-2-8-20-12)14(19)15-11-6-4-10(5-7-11)13(17)18/h10-12H,2-9H2,1H3,(H,15,19)(H,17,18). The fourth-order valence-corrected chi connectivity index (χ4v) is 2.95. The summed E-state index contributed by atoms with van der Waals surface area (Å²) in [7, 11) is 1.78. The molecule has 114 valence electrons. The van der Waals surface area contributed by atoms with Crippen molar-refractivity contribution in [2.24, 2.45) is 5.92 Å². The summed E-state index contributed by atoms with van der Waals surface area (Å²) in [6.45, 7) is 1.41. The number of carboxylic acid groups (broad SMARTS) is 1. The van der Waals surface area contributed by atoms with Gasteiger partial charge in [0.05, 0.1) is 12.0 Å². The van der Waals surface area contributed by atoms with Gasteiger partial charge in [-0.05, 0) is 38.5 Å². The molecule has 1 heterocycles. The van der Waals surface area contributed by atoms with E-state index in [0.717, 1.165) is 32.3 Å². The van der Waals surface area contributed by atoms with E-state index in [4.69, 9.17) is 9.84 Å². The zero-order chi connectivity index (χ0) is 14.5. The number of urea groups is 1. The topological polar surface area (TPSA) is 78.9 Å². The number of hydrogen-bond donors (Lipinski definition) is 2. The van der Waals surface area contributed by atoms with Crippen molar-refractivity contribution in [3.63, 3.8) is 0 Å². The van der Waals surface area contributed by atoms with Gasteiger partial charge in [0.2, 0.25) is 0 Å². The van der Waals surface area contributed by atoms with Gasteiger partial charge in [0.15, 0.2) is 0 Å². The number of hydrogen-bond acceptors (Lipinski definition) is 3. The summed E-state index contributed by atoms with van der Waals surface area (Å²) < 4.78 is 5.52. The van der Waals surface area contributed by atoms with E-state index in [9.17, 15) is 9.59 Å². The second-order valence-corrected chi connectivity index (χ2v) is 5.85. The van der Waals surface area contributed by atoms with Crippen LogP contribution in [0.4, 0.5) is 4.79 Å². The van der Waals surface area contributed by atoms with E-state index < -0.39 is 5.97 Å². The van der Waals surface area contributed by atoms with Crippen LogP contribution in [0.2, 0.25) is 0 Å². The Morgan fingerprint density at radius 2 is 1.95 bits per heavy atom. The summed E-state index contributed by atoms with van der Waals surface area (Å²) in [6.07, 6.45) is 5.03. The molecule has 6 heteroatoms. The first-order valence-electron chi connectivity index (χ1n) is 7.42. The smallest absolute Gasteiger partial charge is 0.317 e. The first-order chi connectivity index (χ1) is 9.56. The first-order valence-corrected chi connectivity index (χ1v) is 7.42. The Balaban J connectivity index is 1.70. The fraction of sp³-hybridized carbons (Fsp3) is 0.857. The quantitative estimate of drug-likeness (QED) is 0.819. The Bertz CT molecular complexity index is 347. The Kier molecular flexibility index (Phi) is 5.23. The second kappa shape index (κ2) is 6.92. The molecule has 0 bridgehead atoms. The van der Waals surface area contributed by atoms with Gasteiger partial charge >= 0.3 is 12.0 Å². The normalized spacial score (nSPS) is 29.9.